The topological polar surface area (TPSA) is 40.5 Å². The molecule has 1 N–H and O–H groups in total. The minimum atomic E-state index is -0.588. The first-order valence-electron chi connectivity index (χ1n) is 8.17. The number of carboxylic acids is 1. The molecule has 0 radical (unpaired) electrons. The van der Waals surface area contributed by atoms with Gasteiger partial charge in [-0.15, -0.1) is 0 Å². The van der Waals surface area contributed by atoms with Crippen LogP contribution in [0.25, 0.3) is 0 Å². The van der Waals surface area contributed by atoms with Gasteiger partial charge in [0, 0.05) is 0 Å². The fourth-order valence-electron chi connectivity index (χ4n) is 4.12. The van der Waals surface area contributed by atoms with E-state index in [0.717, 1.165) is 44.7 Å². The zero-order valence-corrected chi connectivity index (χ0v) is 12.4. The third kappa shape index (κ3) is 3.31. The number of carboxylic acid groups (broad SMARTS) is 1. The SMILES string of the molecule is CCCC1(C(=O)O)CCCN1CCC1CCCCC1. The van der Waals surface area contributed by atoms with Crippen LogP contribution >= 0.6 is 0 Å². The van der Waals surface area contributed by atoms with Gasteiger partial charge in [-0.1, -0.05) is 45.4 Å². The number of nitrogens with zero attached hydrogens (tertiary/aromatic N) is 1. The third-order valence-corrected chi connectivity index (χ3v) is 5.22. The van der Waals surface area contributed by atoms with Crippen molar-refractivity contribution in [2.24, 2.45) is 5.92 Å². The fraction of sp³-hybridized carbons (Fsp3) is 0.938. The molecule has 0 aromatic heterocycles. The summed E-state index contributed by atoms with van der Waals surface area (Å²) in [5, 5.41) is 9.66. The zero-order valence-electron chi connectivity index (χ0n) is 12.4. The maximum absolute atomic E-state index is 11.7. The van der Waals surface area contributed by atoms with E-state index in [0.29, 0.717) is 0 Å². The third-order valence-electron chi connectivity index (χ3n) is 5.22. The first kappa shape index (κ1) is 14.8. The van der Waals surface area contributed by atoms with Gasteiger partial charge in [-0.25, -0.2) is 0 Å². The van der Waals surface area contributed by atoms with Gasteiger partial charge in [0.15, 0.2) is 0 Å². The van der Waals surface area contributed by atoms with Gasteiger partial charge in [-0.2, -0.15) is 0 Å². The van der Waals surface area contributed by atoms with E-state index >= 15 is 0 Å². The molecule has 2 fully saturated rings. The van der Waals surface area contributed by atoms with E-state index in [1.807, 2.05) is 0 Å². The summed E-state index contributed by atoms with van der Waals surface area (Å²) in [7, 11) is 0. The van der Waals surface area contributed by atoms with Crippen molar-refractivity contribution in [2.75, 3.05) is 13.1 Å². The maximum atomic E-state index is 11.7. The number of aliphatic carboxylic acids is 1. The standard InChI is InChI=1S/C16H29NO2/c1-2-10-16(15(18)19)11-6-12-17(16)13-9-14-7-4-3-5-8-14/h14H,2-13H2,1H3,(H,18,19). The van der Waals surface area contributed by atoms with Crippen molar-refractivity contribution in [3.8, 4) is 0 Å². The van der Waals surface area contributed by atoms with Gasteiger partial charge < -0.3 is 5.11 Å². The van der Waals surface area contributed by atoms with Gasteiger partial charge in [0.25, 0.3) is 0 Å². The number of carbonyl (C=O) groups is 1. The van der Waals surface area contributed by atoms with Crippen LogP contribution < -0.4 is 0 Å². The molecule has 1 heterocycles. The largest absolute Gasteiger partial charge is 0.480 e. The molecule has 3 heteroatoms. The zero-order chi connectivity index (χ0) is 13.7. The lowest BCUT2D eigenvalue weighted by atomic mass is 9.86. The van der Waals surface area contributed by atoms with Crippen molar-refractivity contribution in [3.05, 3.63) is 0 Å². The van der Waals surface area contributed by atoms with Crippen molar-refractivity contribution in [1.82, 2.24) is 4.90 Å². The highest BCUT2D eigenvalue weighted by molar-refractivity contribution is 5.79. The molecule has 1 unspecified atom stereocenters. The van der Waals surface area contributed by atoms with Crippen molar-refractivity contribution in [1.29, 1.82) is 0 Å². The van der Waals surface area contributed by atoms with Crippen LogP contribution in [0.15, 0.2) is 0 Å². The Hall–Kier alpha value is -0.570. The van der Waals surface area contributed by atoms with Crippen LogP contribution in [0.2, 0.25) is 0 Å². The summed E-state index contributed by atoms with van der Waals surface area (Å²) in [4.78, 5) is 14.0. The summed E-state index contributed by atoms with van der Waals surface area (Å²) in [6.45, 7) is 4.08. The first-order chi connectivity index (χ1) is 9.19. The summed E-state index contributed by atoms with van der Waals surface area (Å²) in [5.41, 5.74) is -0.538. The van der Waals surface area contributed by atoms with Crippen molar-refractivity contribution in [3.63, 3.8) is 0 Å². The predicted octanol–water partition coefficient (Wildman–Crippen LogP) is 3.68. The smallest absolute Gasteiger partial charge is 0.324 e. The molecule has 1 atom stereocenters. The number of hydrogen-bond acceptors (Lipinski definition) is 2. The fourth-order valence-corrected chi connectivity index (χ4v) is 4.12. The van der Waals surface area contributed by atoms with E-state index in [1.54, 1.807) is 0 Å². The minimum absolute atomic E-state index is 0.538. The molecule has 110 valence electrons. The van der Waals surface area contributed by atoms with E-state index < -0.39 is 11.5 Å². The summed E-state index contributed by atoms with van der Waals surface area (Å²) in [6.07, 6.45) is 11.8. The normalized spacial score (nSPS) is 29.7. The molecule has 0 aromatic rings. The quantitative estimate of drug-likeness (QED) is 0.798. The average Bonchev–Trinajstić information content (AvgIpc) is 2.82. The molecule has 3 nitrogen and oxygen atoms in total. The van der Waals surface area contributed by atoms with Crippen LogP contribution in [-0.4, -0.2) is 34.6 Å². The molecule has 0 amide bonds. The van der Waals surface area contributed by atoms with Gasteiger partial charge in [0.1, 0.15) is 5.54 Å². The van der Waals surface area contributed by atoms with Crippen LogP contribution in [0.5, 0.6) is 0 Å². The monoisotopic (exact) mass is 267 g/mol. The van der Waals surface area contributed by atoms with Crippen LogP contribution in [0.4, 0.5) is 0 Å². The molecular formula is C16H29NO2. The maximum Gasteiger partial charge on any atom is 0.324 e. The lowest BCUT2D eigenvalue weighted by molar-refractivity contribution is -0.150. The first-order valence-corrected chi connectivity index (χ1v) is 8.17. The van der Waals surface area contributed by atoms with Crippen LogP contribution in [-0.2, 0) is 4.79 Å². The van der Waals surface area contributed by atoms with Gasteiger partial charge in [-0.05, 0) is 44.7 Å². The number of rotatable bonds is 6. The Bertz CT molecular complexity index is 299. The molecule has 1 aliphatic heterocycles. The highest BCUT2D eigenvalue weighted by atomic mass is 16.4. The predicted molar refractivity (Wildman–Crippen MR) is 77.3 cm³/mol. The number of hydrogen-bond donors (Lipinski definition) is 1. The van der Waals surface area contributed by atoms with Crippen molar-refractivity contribution >= 4 is 5.97 Å². The Balaban J connectivity index is 1.91. The van der Waals surface area contributed by atoms with E-state index in [9.17, 15) is 9.90 Å². The highest BCUT2D eigenvalue weighted by Crippen LogP contribution is 2.35. The average molecular weight is 267 g/mol. The lowest BCUT2D eigenvalue weighted by Crippen LogP contribution is -2.51. The van der Waals surface area contributed by atoms with Gasteiger partial charge in [-0.3, -0.25) is 9.69 Å². The van der Waals surface area contributed by atoms with E-state index in [4.69, 9.17) is 0 Å². The van der Waals surface area contributed by atoms with Crippen LogP contribution in [0.1, 0.15) is 71.1 Å². The molecule has 2 aliphatic rings. The Kier molecular flexibility index (Phi) is 5.26. The highest BCUT2D eigenvalue weighted by Gasteiger charge is 2.46. The second kappa shape index (κ2) is 6.74. The molecule has 0 aromatic carbocycles. The van der Waals surface area contributed by atoms with Crippen molar-refractivity contribution < 1.29 is 9.90 Å². The second-order valence-electron chi connectivity index (χ2n) is 6.47. The Morgan fingerprint density at radius 3 is 2.63 bits per heavy atom. The summed E-state index contributed by atoms with van der Waals surface area (Å²) in [6, 6.07) is 0. The minimum Gasteiger partial charge on any atom is -0.480 e. The lowest BCUT2D eigenvalue weighted by Gasteiger charge is -2.36. The van der Waals surface area contributed by atoms with Crippen LogP contribution in [0, 0.1) is 5.92 Å². The summed E-state index contributed by atoms with van der Waals surface area (Å²) in [5.74, 6) is 0.262. The van der Waals surface area contributed by atoms with Gasteiger partial charge >= 0.3 is 5.97 Å². The van der Waals surface area contributed by atoms with Crippen molar-refractivity contribution in [2.45, 2.75) is 76.7 Å². The van der Waals surface area contributed by atoms with E-state index in [1.165, 1.54) is 38.5 Å². The molecule has 1 saturated heterocycles. The van der Waals surface area contributed by atoms with E-state index in [2.05, 4.69) is 11.8 Å². The molecular weight excluding hydrogens is 238 g/mol. The summed E-state index contributed by atoms with van der Waals surface area (Å²) < 4.78 is 0. The van der Waals surface area contributed by atoms with Gasteiger partial charge in [0.05, 0.1) is 0 Å². The summed E-state index contributed by atoms with van der Waals surface area (Å²) >= 11 is 0. The number of likely N-dealkylation sites (tertiary alicyclic amines) is 1. The van der Waals surface area contributed by atoms with E-state index in [-0.39, 0.29) is 0 Å². The molecule has 1 saturated carbocycles. The molecule has 1 aliphatic carbocycles. The molecule has 0 spiro atoms. The Morgan fingerprint density at radius 1 is 1.26 bits per heavy atom. The Labute approximate surface area is 117 Å². The molecule has 19 heavy (non-hydrogen) atoms. The van der Waals surface area contributed by atoms with Gasteiger partial charge in [0.2, 0.25) is 0 Å². The second-order valence-corrected chi connectivity index (χ2v) is 6.47. The molecule has 2 rings (SSSR count). The Morgan fingerprint density at radius 2 is 2.00 bits per heavy atom. The van der Waals surface area contributed by atoms with Crippen LogP contribution in [0.3, 0.4) is 0 Å². The molecule has 0 bridgehead atoms.